The number of benzene rings is 1. The monoisotopic (exact) mass is 313 g/mol. The summed E-state index contributed by atoms with van der Waals surface area (Å²) >= 11 is 0. The highest BCUT2D eigenvalue weighted by Crippen LogP contribution is 2.28. The summed E-state index contributed by atoms with van der Waals surface area (Å²) in [6.45, 7) is 3.88. The Balaban J connectivity index is 2.06. The number of pyridine rings is 1. The van der Waals surface area contributed by atoms with E-state index in [2.05, 4.69) is 15.5 Å². The van der Waals surface area contributed by atoms with Gasteiger partial charge < -0.3 is 9.47 Å². The maximum atomic E-state index is 11.9. The maximum Gasteiger partial charge on any atom is 0.271 e. The van der Waals surface area contributed by atoms with Gasteiger partial charge in [-0.25, -0.2) is 5.43 Å². The Kier molecular flexibility index (Phi) is 5.68. The lowest BCUT2D eigenvalue weighted by Crippen LogP contribution is -2.17. The number of hydrogen-bond donors (Lipinski definition) is 1. The van der Waals surface area contributed by atoms with E-state index in [1.807, 2.05) is 19.9 Å². The van der Waals surface area contributed by atoms with E-state index in [9.17, 15) is 4.79 Å². The quantitative estimate of drug-likeness (QED) is 0.657. The molecule has 0 spiro atoms. The fourth-order valence-electron chi connectivity index (χ4n) is 1.85. The van der Waals surface area contributed by atoms with Crippen LogP contribution in [0.25, 0.3) is 0 Å². The van der Waals surface area contributed by atoms with Gasteiger partial charge in [0, 0.05) is 18.0 Å². The molecule has 2 aromatic rings. The Morgan fingerprint density at radius 2 is 1.96 bits per heavy atom. The second kappa shape index (κ2) is 7.93. The fourth-order valence-corrected chi connectivity index (χ4v) is 1.85. The van der Waals surface area contributed by atoms with Crippen molar-refractivity contribution in [3.8, 4) is 11.5 Å². The van der Waals surface area contributed by atoms with Crippen molar-refractivity contribution in [3.63, 3.8) is 0 Å². The minimum atomic E-state index is -0.296. The van der Waals surface area contributed by atoms with Crippen molar-refractivity contribution in [2.45, 2.75) is 20.0 Å². The molecule has 0 saturated carbocycles. The Bertz CT molecular complexity index is 685. The van der Waals surface area contributed by atoms with Crippen molar-refractivity contribution in [3.05, 3.63) is 53.9 Å². The molecule has 0 atom stereocenters. The minimum absolute atomic E-state index is 0.0301. The number of nitrogens with zero attached hydrogens (tertiary/aromatic N) is 2. The van der Waals surface area contributed by atoms with Crippen LogP contribution in [0.15, 0.2) is 47.8 Å². The molecule has 1 aromatic heterocycles. The molecule has 0 bridgehead atoms. The van der Waals surface area contributed by atoms with Gasteiger partial charge in [-0.15, -0.1) is 0 Å². The zero-order valence-electron chi connectivity index (χ0n) is 13.3. The second-order valence-electron chi connectivity index (χ2n) is 5.01. The molecule has 0 saturated heterocycles. The second-order valence-corrected chi connectivity index (χ2v) is 5.01. The molecule has 1 aromatic carbocycles. The normalized spacial score (nSPS) is 10.8. The summed E-state index contributed by atoms with van der Waals surface area (Å²) in [6.07, 6.45) is 4.68. The van der Waals surface area contributed by atoms with Crippen molar-refractivity contribution < 1.29 is 14.3 Å². The molecule has 0 fully saturated rings. The molecule has 0 unspecified atom stereocenters. The zero-order valence-corrected chi connectivity index (χ0v) is 13.3. The first-order valence-corrected chi connectivity index (χ1v) is 7.18. The molecule has 0 aliphatic rings. The summed E-state index contributed by atoms with van der Waals surface area (Å²) in [5.41, 5.74) is 3.75. The van der Waals surface area contributed by atoms with Crippen LogP contribution in [0.3, 0.4) is 0 Å². The van der Waals surface area contributed by atoms with Crippen LogP contribution in [0.2, 0.25) is 0 Å². The van der Waals surface area contributed by atoms with Crippen LogP contribution in [-0.2, 0) is 0 Å². The number of ether oxygens (including phenoxy) is 2. The van der Waals surface area contributed by atoms with Crippen LogP contribution < -0.4 is 14.9 Å². The van der Waals surface area contributed by atoms with Gasteiger partial charge in [-0.3, -0.25) is 9.78 Å². The van der Waals surface area contributed by atoms with Crippen molar-refractivity contribution in [1.82, 2.24) is 10.4 Å². The topological polar surface area (TPSA) is 72.8 Å². The number of methoxy groups -OCH3 is 1. The van der Waals surface area contributed by atoms with Gasteiger partial charge in [-0.1, -0.05) is 0 Å². The number of aromatic nitrogens is 1. The summed E-state index contributed by atoms with van der Waals surface area (Å²) < 4.78 is 10.9. The third-order valence-corrected chi connectivity index (χ3v) is 2.87. The highest BCUT2D eigenvalue weighted by atomic mass is 16.5. The largest absolute Gasteiger partial charge is 0.493 e. The van der Waals surface area contributed by atoms with E-state index in [1.165, 1.54) is 0 Å². The molecular formula is C17H19N3O3. The molecule has 2 rings (SSSR count). The summed E-state index contributed by atoms with van der Waals surface area (Å²) in [6, 6.07) is 8.67. The molecule has 1 N–H and O–H groups in total. The molecule has 120 valence electrons. The zero-order chi connectivity index (χ0) is 16.7. The Labute approximate surface area is 135 Å². The van der Waals surface area contributed by atoms with E-state index >= 15 is 0 Å². The Morgan fingerprint density at radius 1 is 1.22 bits per heavy atom. The Morgan fingerprint density at radius 3 is 2.61 bits per heavy atom. The average molecular weight is 313 g/mol. The van der Waals surface area contributed by atoms with Gasteiger partial charge in [0.1, 0.15) is 0 Å². The molecule has 1 amide bonds. The number of hydrogen-bond acceptors (Lipinski definition) is 5. The molecule has 6 heteroatoms. The van der Waals surface area contributed by atoms with Crippen molar-refractivity contribution in [2.75, 3.05) is 7.11 Å². The van der Waals surface area contributed by atoms with Crippen LogP contribution in [0, 0.1) is 0 Å². The molecular weight excluding hydrogens is 294 g/mol. The first-order valence-electron chi connectivity index (χ1n) is 7.18. The maximum absolute atomic E-state index is 11.9. The smallest absolute Gasteiger partial charge is 0.271 e. The SMILES string of the molecule is COc1ccc(/C=N\NC(=O)c2ccncc2)cc1OC(C)C. The van der Waals surface area contributed by atoms with Crippen molar-refractivity contribution >= 4 is 12.1 Å². The van der Waals surface area contributed by atoms with Gasteiger partial charge in [-0.05, 0) is 49.7 Å². The van der Waals surface area contributed by atoms with Crippen LogP contribution in [0.1, 0.15) is 29.8 Å². The van der Waals surface area contributed by atoms with Gasteiger partial charge in [0.2, 0.25) is 0 Å². The lowest BCUT2D eigenvalue weighted by atomic mass is 10.2. The van der Waals surface area contributed by atoms with E-state index in [0.29, 0.717) is 17.1 Å². The lowest BCUT2D eigenvalue weighted by Gasteiger charge is -2.13. The summed E-state index contributed by atoms with van der Waals surface area (Å²) in [7, 11) is 1.59. The molecule has 1 heterocycles. The van der Waals surface area contributed by atoms with Gasteiger partial charge in [0.25, 0.3) is 5.91 Å². The van der Waals surface area contributed by atoms with Crippen LogP contribution in [0.4, 0.5) is 0 Å². The van der Waals surface area contributed by atoms with Crippen LogP contribution in [0.5, 0.6) is 11.5 Å². The number of amides is 1. The van der Waals surface area contributed by atoms with E-state index in [-0.39, 0.29) is 12.0 Å². The summed E-state index contributed by atoms with van der Waals surface area (Å²) in [4.78, 5) is 15.7. The Hall–Kier alpha value is -2.89. The minimum Gasteiger partial charge on any atom is -0.493 e. The highest BCUT2D eigenvalue weighted by Gasteiger charge is 2.07. The average Bonchev–Trinajstić information content (AvgIpc) is 2.55. The number of carbonyl (C=O) groups excluding carboxylic acids is 1. The van der Waals surface area contributed by atoms with Crippen molar-refractivity contribution in [1.29, 1.82) is 0 Å². The number of nitrogens with one attached hydrogen (secondary N) is 1. The van der Waals surface area contributed by atoms with Gasteiger partial charge in [0.15, 0.2) is 11.5 Å². The van der Waals surface area contributed by atoms with Gasteiger partial charge in [0.05, 0.1) is 19.4 Å². The van der Waals surface area contributed by atoms with E-state index in [0.717, 1.165) is 5.56 Å². The number of rotatable bonds is 6. The molecule has 0 radical (unpaired) electrons. The lowest BCUT2D eigenvalue weighted by molar-refractivity contribution is 0.0955. The van der Waals surface area contributed by atoms with Gasteiger partial charge in [-0.2, -0.15) is 5.10 Å². The fraction of sp³-hybridized carbons (Fsp3) is 0.235. The van der Waals surface area contributed by atoms with Crippen molar-refractivity contribution in [2.24, 2.45) is 5.10 Å². The van der Waals surface area contributed by atoms with E-state index in [1.54, 1.807) is 50.0 Å². The predicted molar refractivity (Wildman–Crippen MR) is 88.1 cm³/mol. The highest BCUT2D eigenvalue weighted by molar-refractivity contribution is 5.94. The number of carbonyl (C=O) groups is 1. The third-order valence-electron chi connectivity index (χ3n) is 2.87. The first kappa shape index (κ1) is 16.5. The third kappa shape index (κ3) is 4.81. The number of hydrazone groups is 1. The summed E-state index contributed by atoms with van der Waals surface area (Å²) in [5, 5.41) is 3.95. The molecule has 0 aliphatic carbocycles. The van der Waals surface area contributed by atoms with E-state index < -0.39 is 0 Å². The van der Waals surface area contributed by atoms with Crippen LogP contribution >= 0.6 is 0 Å². The predicted octanol–water partition coefficient (Wildman–Crippen LogP) is 2.64. The standard InChI is InChI=1S/C17H19N3O3/c1-12(2)23-16-10-13(4-5-15(16)22-3)11-19-20-17(21)14-6-8-18-9-7-14/h4-12H,1-3H3,(H,20,21)/b19-11-. The summed E-state index contributed by atoms with van der Waals surface area (Å²) in [5.74, 6) is 0.986. The van der Waals surface area contributed by atoms with Gasteiger partial charge >= 0.3 is 0 Å². The molecule has 23 heavy (non-hydrogen) atoms. The van der Waals surface area contributed by atoms with Crippen LogP contribution in [-0.4, -0.2) is 30.3 Å². The van der Waals surface area contributed by atoms with E-state index in [4.69, 9.17) is 9.47 Å². The molecule has 6 nitrogen and oxygen atoms in total. The first-order chi connectivity index (χ1) is 11.1. The molecule has 0 aliphatic heterocycles.